The third-order valence-corrected chi connectivity index (χ3v) is 7.49. The largest absolute Gasteiger partial charge is 0.497 e. The summed E-state index contributed by atoms with van der Waals surface area (Å²) in [7, 11) is 1.51. The van der Waals surface area contributed by atoms with Gasteiger partial charge in [0.25, 0.3) is 0 Å². The molecule has 0 unspecified atom stereocenters. The van der Waals surface area contributed by atoms with Crippen LogP contribution in [-0.2, 0) is 0 Å². The zero-order chi connectivity index (χ0) is 27.8. The van der Waals surface area contributed by atoms with Crippen molar-refractivity contribution in [1.29, 1.82) is 0 Å². The van der Waals surface area contributed by atoms with Gasteiger partial charge >= 0.3 is 0 Å². The topological polar surface area (TPSA) is 105 Å². The van der Waals surface area contributed by atoms with E-state index in [0.717, 1.165) is 52.9 Å². The fourth-order valence-electron chi connectivity index (χ4n) is 5.40. The minimum Gasteiger partial charge on any atom is -0.497 e. The molecule has 9 nitrogen and oxygen atoms in total. The number of aromatic amines is 2. The van der Waals surface area contributed by atoms with E-state index in [2.05, 4.69) is 36.1 Å². The maximum absolute atomic E-state index is 14.3. The Morgan fingerprint density at radius 2 is 1.78 bits per heavy atom. The number of halogens is 1. The second-order valence-electron chi connectivity index (χ2n) is 10.2. The normalized spacial score (nSPS) is 13.8. The summed E-state index contributed by atoms with van der Waals surface area (Å²) in [4.78, 5) is 19.6. The molecule has 206 valence electrons. The average Bonchev–Trinajstić information content (AvgIpc) is 3.76. The fourth-order valence-corrected chi connectivity index (χ4v) is 5.40. The van der Waals surface area contributed by atoms with E-state index in [4.69, 9.17) is 14.5 Å². The molecule has 0 bridgehead atoms. The number of aromatic nitrogens is 6. The molecular formula is C31H28FN7O2. The summed E-state index contributed by atoms with van der Waals surface area (Å²) in [6.45, 7) is 3.87. The number of rotatable bonds is 8. The van der Waals surface area contributed by atoms with Gasteiger partial charge in [-0.1, -0.05) is 6.07 Å². The van der Waals surface area contributed by atoms with E-state index in [1.165, 1.54) is 32.1 Å². The number of pyridine rings is 2. The molecule has 1 aliphatic heterocycles. The molecule has 0 saturated carbocycles. The van der Waals surface area contributed by atoms with Crippen molar-refractivity contribution < 1.29 is 13.9 Å². The second kappa shape index (κ2) is 10.6. The maximum Gasteiger partial charge on any atom is 0.159 e. The van der Waals surface area contributed by atoms with Gasteiger partial charge in [0.2, 0.25) is 0 Å². The molecule has 0 atom stereocenters. The highest BCUT2D eigenvalue weighted by molar-refractivity contribution is 5.97. The third kappa shape index (κ3) is 4.98. The highest BCUT2D eigenvalue weighted by Crippen LogP contribution is 2.34. The molecule has 0 radical (unpaired) electrons. The molecule has 4 aromatic heterocycles. The number of nitrogens with zero attached hydrogens (tertiary/aromatic N) is 5. The van der Waals surface area contributed by atoms with Gasteiger partial charge in [-0.25, -0.2) is 9.37 Å². The van der Waals surface area contributed by atoms with Crippen LogP contribution in [0.3, 0.4) is 0 Å². The van der Waals surface area contributed by atoms with Crippen LogP contribution in [0.25, 0.3) is 55.8 Å². The SMILES string of the molecule is COc1cc(F)cc(-c2nccc3[nH]c(-c4n[nH]c5ccc(-c6cncc(OCCN7CCCC7)c6)cc45)nc23)c1. The lowest BCUT2D eigenvalue weighted by Gasteiger charge is -2.15. The summed E-state index contributed by atoms with van der Waals surface area (Å²) >= 11 is 0. The molecule has 6 aromatic rings. The van der Waals surface area contributed by atoms with Crippen LogP contribution in [0.1, 0.15) is 12.8 Å². The Labute approximate surface area is 235 Å². The predicted octanol–water partition coefficient (Wildman–Crippen LogP) is 5.85. The first-order chi connectivity index (χ1) is 20.1. The van der Waals surface area contributed by atoms with E-state index >= 15 is 0 Å². The predicted molar refractivity (Wildman–Crippen MR) is 155 cm³/mol. The fraction of sp³-hybridized carbons (Fsp3) is 0.226. The first-order valence-electron chi connectivity index (χ1n) is 13.6. The van der Waals surface area contributed by atoms with Crippen LogP contribution in [0.15, 0.2) is 67.1 Å². The smallest absolute Gasteiger partial charge is 0.159 e. The number of imidazole rings is 1. The van der Waals surface area contributed by atoms with Gasteiger partial charge in [0, 0.05) is 41.5 Å². The molecule has 41 heavy (non-hydrogen) atoms. The Morgan fingerprint density at radius 3 is 2.66 bits per heavy atom. The lowest BCUT2D eigenvalue weighted by molar-refractivity contribution is 0.237. The average molecular weight is 550 g/mol. The van der Waals surface area contributed by atoms with Gasteiger partial charge in [-0.3, -0.25) is 20.0 Å². The molecule has 0 amide bonds. The minimum absolute atomic E-state index is 0.407. The molecule has 10 heteroatoms. The van der Waals surface area contributed by atoms with Gasteiger partial charge in [-0.05, 0) is 67.9 Å². The minimum atomic E-state index is -0.407. The molecule has 0 spiro atoms. The number of methoxy groups -OCH3 is 1. The van der Waals surface area contributed by atoms with Crippen molar-refractivity contribution >= 4 is 21.9 Å². The summed E-state index contributed by atoms with van der Waals surface area (Å²) in [5.41, 5.74) is 6.01. The highest BCUT2D eigenvalue weighted by atomic mass is 19.1. The van der Waals surface area contributed by atoms with Crippen molar-refractivity contribution in [3.63, 3.8) is 0 Å². The van der Waals surface area contributed by atoms with Crippen molar-refractivity contribution in [2.24, 2.45) is 0 Å². The van der Waals surface area contributed by atoms with Crippen molar-refractivity contribution in [3.8, 4) is 45.4 Å². The number of likely N-dealkylation sites (tertiary alicyclic amines) is 1. The molecule has 0 aliphatic carbocycles. The second-order valence-corrected chi connectivity index (χ2v) is 10.2. The van der Waals surface area contributed by atoms with Crippen molar-refractivity contribution in [2.45, 2.75) is 12.8 Å². The van der Waals surface area contributed by atoms with E-state index in [1.807, 2.05) is 30.5 Å². The molecule has 2 aromatic carbocycles. The monoisotopic (exact) mass is 549 g/mol. The van der Waals surface area contributed by atoms with Gasteiger partial charge < -0.3 is 14.5 Å². The summed E-state index contributed by atoms with van der Waals surface area (Å²) in [5, 5.41) is 8.59. The number of ether oxygens (including phenoxy) is 2. The molecular weight excluding hydrogens is 521 g/mol. The number of fused-ring (bicyclic) bond motifs is 2. The van der Waals surface area contributed by atoms with Crippen molar-refractivity contribution in [3.05, 3.63) is 72.9 Å². The zero-order valence-electron chi connectivity index (χ0n) is 22.5. The van der Waals surface area contributed by atoms with E-state index in [-0.39, 0.29) is 0 Å². The highest BCUT2D eigenvalue weighted by Gasteiger charge is 2.18. The Kier molecular flexibility index (Phi) is 6.52. The van der Waals surface area contributed by atoms with E-state index < -0.39 is 5.82 Å². The van der Waals surface area contributed by atoms with Gasteiger partial charge in [0.15, 0.2) is 5.82 Å². The zero-order valence-corrected chi connectivity index (χ0v) is 22.5. The summed E-state index contributed by atoms with van der Waals surface area (Å²) < 4.78 is 25.5. The van der Waals surface area contributed by atoms with Crippen LogP contribution >= 0.6 is 0 Å². The number of hydrogen-bond donors (Lipinski definition) is 2. The summed E-state index contributed by atoms with van der Waals surface area (Å²) in [6, 6.07) is 14.5. The number of H-pyrrole nitrogens is 2. The lowest BCUT2D eigenvalue weighted by Crippen LogP contribution is -2.25. The molecule has 5 heterocycles. The van der Waals surface area contributed by atoms with Gasteiger partial charge in [-0.2, -0.15) is 5.10 Å². The number of hydrogen-bond acceptors (Lipinski definition) is 7. The van der Waals surface area contributed by atoms with Crippen molar-refractivity contribution in [2.75, 3.05) is 33.4 Å². The van der Waals surface area contributed by atoms with E-state index in [9.17, 15) is 4.39 Å². The van der Waals surface area contributed by atoms with Crippen LogP contribution in [0.2, 0.25) is 0 Å². The molecule has 1 saturated heterocycles. The number of nitrogens with one attached hydrogen (secondary N) is 2. The Bertz CT molecular complexity index is 1860. The maximum atomic E-state index is 14.3. The van der Waals surface area contributed by atoms with Gasteiger partial charge in [-0.15, -0.1) is 0 Å². The van der Waals surface area contributed by atoms with Crippen LogP contribution in [0.5, 0.6) is 11.5 Å². The number of benzene rings is 2. The lowest BCUT2D eigenvalue weighted by atomic mass is 10.0. The molecule has 1 aliphatic rings. The Morgan fingerprint density at radius 1 is 0.902 bits per heavy atom. The van der Waals surface area contributed by atoms with Gasteiger partial charge in [0.05, 0.1) is 30.0 Å². The standard InChI is InChI=1S/C31H28FN7O2/c1-40-23-13-20(12-22(32)16-23)28-30-27(6-7-34-28)35-31(36-30)29-25-15-19(4-5-26(25)37-38-29)21-14-24(18-33-17-21)41-11-10-39-8-2-3-9-39/h4-7,12-18H,2-3,8-11H2,1H3,(H,35,36)(H,37,38). The molecule has 7 rings (SSSR count). The Hall–Kier alpha value is -4.83. The molecule has 2 N–H and O–H groups in total. The Balaban J connectivity index is 1.21. The van der Waals surface area contributed by atoms with E-state index in [1.54, 1.807) is 18.5 Å². The first kappa shape index (κ1) is 25.2. The summed E-state index contributed by atoms with van der Waals surface area (Å²) in [5.74, 6) is 1.34. The van der Waals surface area contributed by atoms with E-state index in [0.29, 0.717) is 40.6 Å². The van der Waals surface area contributed by atoms with Gasteiger partial charge in [0.1, 0.15) is 35.1 Å². The van der Waals surface area contributed by atoms with Crippen LogP contribution in [0.4, 0.5) is 4.39 Å². The molecule has 1 fully saturated rings. The van der Waals surface area contributed by atoms with Crippen LogP contribution in [0, 0.1) is 5.82 Å². The summed E-state index contributed by atoms with van der Waals surface area (Å²) in [6.07, 6.45) is 7.79. The first-order valence-corrected chi connectivity index (χ1v) is 13.6. The van der Waals surface area contributed by atoms with Crippen molar-refractivity contribution in [1.82, 2.24) is 35.0 Å². The quantitative estimate of drug-likeness (QED) is 0.245. The van der Waals surface area contributed by atoms with Crippen LogP contribution < -0.4 is 9.47 Å². The third-order valence-electron chi connectivity index (χ3n) is 7.49. The van der Waals surface area contributed by atoms with Crippen LogP contribution in [-0.4, -0.2) is 68.4 Å².